The minimum Gasteiger partial charge on any atom is -0.251 e. The van der Waals surface area contributed by atoms with Gasteiger partial charge in [-0.05, 0) is 72.6 Å². The van der Waals surface area contributed by atoms with Gasteiger partial charge in [-0.1, -0.05) is 53.7 Å². The third-order valence-electron chi connectivity index (χ3n) is 7.37. The highest BCUT2D eigenvalue weighted by atomic mass is 14.8. The molecule has 2 aliphatic carbocycles. The summed E-state index contributed by atoms with van der Waals surface area (Å²) in [5, 5.41) is 0. The Labute approximate surface area is 171 Å². The second-order valence-corrected chi connectivity index (χ2v) is 10.00. The molecule has 2 aliphatic rings. The van der Waals surface area contributed by atoms with Crippen molar-refractivity contribution < 1.29 is 0 Å². The SMILES string of the molecule is CC1CCC(C(C)C)c2nc(-c3ccc4c(n3)C(C(C)C)CCC4C)ccc21. The standard InChI is InChI=1S/C26H36N2/c1-15(2)19-9-7-17(5)21-11-13-23(27-25(19)21)24-14-12-22-18(6)8-10-20(16(3)4)26(22)28-24/h11-20H,7-10H2,1-6H3. The zero-order valence-electron chi connectivity index (χ0n) is 18.5. The summed E-state index contributed by atoms with van der Waals surface area (Å²) in [4.78, 5) is 10.4. The average molecular weight is 377 g/mol. The second-order valence-electron chi connectivity index (χ2n) is 10.00. The van der Waals surface area contributed by atoms with Crippen LogP contribution in [0.2, 0.25) is 0 Å². The van der Waals surface area contributed by atoms with E-state index in [1.165, 1.54) is 48.2 Å². The molecule has 2 heteroatoms. The van der Waals surface area contributed by atoms with E-state index in [9.17, 15) is 0 Å². The number of rotatable bonds is 3. The first-order chi connectivity index (χ1) is 13.4. The molecule has 2 nitrogen and oxygen atoms in total. The van der Waals surface area contributed by atoms with Crippen LogP contribution in [0.4, 0.5) is 0 Å². The monoisotopic (exact) mass is 376 g/mol. The Kier molecular flexibility index (Phi) is 5.33. The fourth-order valence-electron chi connectivity index (χ4n) is 5.43. The van der Waals surface area contributed by atoms with E-state index < -0.39 is 0 Å². The second kappa shape index (κ2) is 7.61. The zero-order valence-corrected chi connectivity index (χ0v) is 18.5. The van der Waals surface area contributed by atoms with E-state index in [0.717, 1.165) is 11.4 Å². The maximum absolute atomic E-state index is 5.21. The summed E-state index contributed by atoms with van der Waals surface area (Å²) in [6.07, 6.45) is 5.07. The number of fused-ring (bicyclic) bond motifs is 2. The van der Waals surface area contributed by atoms with Crippen LogP contribution in [0.5, 0.6) is 0 Å². The number of hydrogen-bond donors (Lipinski definition) is 0. The van der Waals surface area contributed by atoms with Crippen LogP contribution in [0.25, 0.3) is 11.4 Å². The minimum absolute atomic E-state index is 0.576. The van der Waals surface area contributed by atoms with Gasteiger partial charge in [-0.2, -0.15) is 0 Å². The van der Waals surface area contributed by atoms with Crippen molar-refractivity contribution in [3.8, 4) is 11.4 Å². The number of hydrogen-bond acceptors (Lipinski definition) is 2. The van der Waals surface area contributed by atoms with E-state index in [0.29, 0.717) is 35.5 Å². The van der Waals surface area contributed by atoms with Gasteiger partial charge in [0.25, 0.3) is 0 Å². The van der Waals surface area contributed by atoms with Gasteiger partial charge in [0.05, 0.1) is 11.4 Å². The number of aromatic nitrogens is 2. The molecule has 0 saturated heterocycles. The van der Waals surface area contributed by atoms with Gasteiger partial charge < -0.3 is 0 Å². The lowest BCUT2D eigenvalue weighted by Gasteiger charge is -2.32. The molecule has 4 atom stereocenters. The molecule has 0 N–H and O–H groups in total. The lowest BCUT2D eigenvalue weighted by Crippen LogP contribution is -2.20. The third-order valence-corrected chi connectivity index (χ3v) is 7.37. The first-order valence-electron chi connectivity index (χ1n) is 11.4. The van der Waals surface area contributed by atoms with E-state index in [1.54, 1.807) is 0 Å². The molecule has 2 heterocycles. The summed E-state index contributed by atoms with van der Waals surface area (Å²) in [5.74, 6) is 3.66. The van der Waals surface area contributed by atoms with Crippen molar-refractivity contribution in [1.29, 1.82) is 0 Å². The molecule has 28 heavy (non-hydrogen) atoms. The first-order valence-corrected chi connectivity index (χ1v) is 11.4. The van der Waals surface area contributed by atoms with Crippen LogP contribution in [0.1, 0.15) is 113 Å². The fraction of sp³-hybridized carbons (Fsp3) is 0.615. The Bertz CT molecular complexity index is 780. The molecule has 0 amide bonds. The van der Waals surface area contributed by atoms with Crippen molar-refractivity contribution in [2.24, 2.45) is 11.8 Å². The van der Waals surface area contributed by atoms with Crippen LogP contribution < -0.4 is 0 Å². The van der Waals surface area contributed by atoms with Crippen LogP contribution in [-0.2, 0) is 0 Å². The van der Waals surface area contributed by atoms with E-state index >= 15 is 0 Å². The van der Waals surface area contributed by atoms with Gasteiger partial charge in [0.2, 0.25) is 0 Å². The lowest BCUT2D eigenvalue weighted by atomic mass is 9.75. The lowest BCUT2D eigenvalue weighted by molar-refractivity contribution is 0.399. The molecule has 0 saturated carbocycles. The van der Waals surface area contributed by atoms with Gasteiger partial charge in [0, 0.05) is 23.2 Å². The maximum atomic E-state index is 5.21. The Hall–Kier alpha value is -1.70. The summed E-state index contributed by atoms with van der Waals surface area (Å²) >= 11 is 0. The van der Waals surface area contributed by atoms with Crippen LogP contribution in [0, 0.1) is 11.8 Å². The molecule has 0 radical (unpaired) electrons. The summed E-state index contributed by atoms with van der Waals surface area (Å²) in [5.41, 5.74) is 7.70. The molecule has 2 aromatic rings. The molecule has 0 spiro atoms. The van der Waals surface area contributed by atoms with E-state index in [4.69, 9.17) is 9.97 Å². The van der Waals surface area contributed by atoms with Crippen molar-refractivity contribution in [3.63, 3.8) is 0 Å². The molecular formula is C26H36N2. The molecule has 4 rings (SSSR count). The van der Waals surface area contributed by atoms with Gasteiger partial charge in [0.15, 0.2) is 0 Å². The molecule has 0 fully saturated rings. The van der Waals surface area contributed by atoms with Crippen LogP contribution >= 0.6 is 0 Å². The van der Waals surface area contributed by atoms with Gasteiger partial charge >= 0.3 is 0 Å². The summed E-state index contributed by atoms with van der Waals surface area (Å²) in [6, 6.07) is 9.09. The number of nitrogens with zero attached hydrogens (tertiary/aromatic N) is 2. The van der Waals surface area contributed by atoms with Crippen molar-refractivity contribution in [2.45, 2.75) is 90.9 Å². The quantitative estimate of drug-likeness (QED) is 0.557. The van der Waals surface area contributed by atoms with Crippen molar-refractivity contribution >= 4 is 0 Å². The number of pyridine rings is 2. The first kappa shape index (κ1) is 19.6. The highest BCUT2D eigenvalue weighted by Crippen LogP contribution is 2.44. The molecule has 150 valence electrons. The topological polar surface area (TPSA) is 25.8 Å². The van der Waals surface area contributed by atoms with Crippen LogP contribution in [0.15, 0.2) is 24.3 Å². The molecular weight excluding hydrogens is 340 g/mol. The normalized spacial score (nSPS) is 27.0. The van der Waals surface area contributed by atoms with E-state index in [1.807, 2.05) is 0 Å². The van der Waals surface area contributed by atoms with Gasteiger partial charge in [-0.3, -0.25) is 9.97 Å². The Morgan fingerprint density at radius 2 is 1.04 bits per heavy atom. The minimum atomic E-state index is 0.576. The van der Waals surface area contributed by atoms with Crippen LogP contribution in [-0.4, -0.2) is 9.97 Å². The molecule has 0 aromatic carbocycles. The zero-order chi connectivity index (χ0) is 20.0. The predicted octanol–water partition coefficient (Wildman–Crippen LogP) is 7.42. The van der Waals surface area contributed by atoms with Crippen molar-refractivity contribution in [1.82, 2.24) is 9.97 Å². The maximum Gasteiger partial charge on any atom is 0.0889 e. The smallest absolute Gasteiger partial charge is 0.0889 e. The highest BCUT2D eigenvalue weighted by Gasteiger charge is 2.30. The van der Waals surface area contributed by atoms with Crippen molar-refractivity contribution in [2.75, 3.05) is 0 Å². The summed E-state index contributed by atoms with van der Waals surface area (Å²) < 4.78 is 0. The third kappa shape index (κ3) is 3.40. The highest BCUT2D eigenvalue weighted by molar-refractivity contribution is 5.57. The Morgan fingerprint density at radius 3 is 1.39 bits per heavy atom. The van der Waals surface area contributed by atoms with E-state index in [2.05, 4.69) is 65.8 Å². The summed E-state index contributed by atoms with van der Waals surface area (Å²) in [6.45, 7) is 14.1. The predicted molar refractivity (Wildman–Crippen MR) is 118 cm³/mol. The van der Waals surface area contributed by atoms with Gasteiger partial charge in [0.1, 0.15) is 0 Å². The van der Waals surface area contributed by atoms with E-state index in [-0.39, 0.29) is 0 Å². The fourth-order valence-corrected chi connectivity index (χ4v) is 5.43. The Morgan fingerprint density at radius 1 is 0.643 bits per heavy atom. The molecule has 2 aromatic heterocycles. The summed E-state index contributed by atoms with van der Waals surface area (Å²) in [7, 11) is 0. The van der Waals surface area contributed by atoms with Gasteiger partial charge in [-0.15, -0.1) is 0 Å². The Balaban J connectivity index is 1.78. The molecule has 0 aliphatic heterocycles. The van der Waals surface area contributed by atoms with Crippen LogP contribution in [0.3, 0.4) is 0 Å². The largest absolute Gasteiger partial charge is 0.251 e. The van der Waals surface area contributed by atoms with Crippen molar-refractivity contribution in [3.05, 3.63) is 46.8 Å². The average Bonchev–Trinajstić information content (AvgIpc) is 2.67. The molecule has 4 unspecified atom stereocenters. The molecule has 0 bridgehead atoms. The van der Waals surface area contributed by atoms with Gasteiger partial charge in [-0.25, -0.2) is 0 Å².